The highest BCUT2D eigenvalue weighted by atomic mass is 35.5. The summed E-state index contributed by atoms with van der Waals surface area (Å²) >= 11 is 6.07. The lowest BCUT2D eigenvalue weighted by Crippen LogP contribution is -2.53. The Labute approximate surface area is 225 Å². The van der Waals surface area contributed by atoms with Gasteiger partial charge in [0.2, 0.25) is 5.91 Å². The fourth-order valence-electron chi connectivity index (χ4n) is 5.56. The quantitative estimate of drug-likeness (QED) is 0.231. The summed E-state index contributed by atoms with van der Waals surface area (Å²) in [6, 6.07) is 32.0. The van der Waals surface area contributed by atoms with E-state index < -0.39 is 5.92 Å². The van der Waals surface area contributed by atoms with Gasteiger partial charge in [0.05, 0.1) is 24.6 Å². The number of methoxy groups -OCH3 is 1. The molecule has 6 heteroatoms. The summed E-state index contributed by atoms with van der Waals surface area (Å²) in [5, 5.41) is 1.39. The molecule has 1 aliphatic heterocycles. The maximum Gasteiger partial charge on any atom is 0.262 e. The smallest absolute Gasteiger partial charge is 0.262 e. The van der Waals surface area contributed by atoms with Crippen molar-refractivity contribution in [3.63, 3.8) is 0 Å². The van der Waals surface area contributed by atoms with E-state index in [0.717, 1.165) is 33.4 Å². The van der Waals surface area contributed by atoms with Crippen molar-refractivity contribution in [1.29, 1.82) is 0 Å². The molecule has 0 saturated carbocycles. The number of para-hydroxylation sites is 1. The normalized spacial score (nSPS) is 16.9. The molecule has 1 amide bonds. The molecule has 38 heavy (non-hydrogen) atoms. The molecule has 188 valence electrons. The van der Waals surface area contributed by atoms with Gasteiger partial charge in [0.1, 0.15) is 5.75 Å². The van der Waals surface area contributed by atoms with Crippen molar-refractivity contribution in [1.82, 2.24) is 4.57 Å². The molecule has 5 nitrogen and oxygen atoms in total. The summed E-state index contributed by atoms with van der Waals surface area (Å²) in [6.07, 6.45) is 0. The van der Waals surface area contributed by atoms with Crippen LogP contribution in [-0.4, -0.2) is 23.5 Å². The maximum absolute atomic E-state index is 14.0. The third-order valence-corrected chi connectivity index (χ3v) is 7.59. The number of amides is 1. The van der Waals surface area contributed by atoms with Crippen molar-refractivity contribution in [3.8, 4) is 5.75 Å². The van der Waals surface area contributed by atoms with E-state index in [0.29, 0.717) is 16.3 Å². The number of nitrogens with zero attached hydrogens (tertiary/aromatic N) is 2. The van der Waals surface area contributed by atoms with Crippen LogP contribution in [0.4, 0.5) is 5.69 Å². The van der Waals surface area contributed by atoms with Crippen molar-refractivity contribution < 1.29 is 14.3 Å². The molecule has 0 radical (unpaired) electrons. The Morgan fingerprint density at radius 3 is 2.18 bits per heavy atom. The van der Waals surface area contributed by atoms with E-state index in [2.05, 4.69) is 0 Å². The molecule has 2 heterocycles. The standard InChI is InChI=1S/C32H25ClN2O3/c1-20-28(29-30(21-9-5-3-6-10-21)35(32(29)37)24-11-7-4-8-12-24)26-19-25(38-2)17-18-27(26)34(20)31(36)22-13-15-23(33)16-14-22/h3-19,29-30H,1-2H3. The molecule has 0 aliphatic carbocycles. The summed E-state index contributed by atoms with van der Waals surface area (Å²) in [7, 11) is 1.61. The number of carbonyl (C=O) groups is 2. The first kappa shape index (κ1) is 24.0. The number of hydrogen-bond donors (Lipinski definition) is 0. The Bertz CT molecular complexity index is 1660. The van der Waals surface area contributed by atoms with Crippen molar-refractivity contribution in [2.75, 3.05) is 12.0 Å². The van der Waals surface area contributed by atoms with E-state index in [4.69, 9.17) is 16.3 Å². The molecule has 4 aromatic carbocycles. The average molecular weight is 521 g/mol. The van der Waals surface area contributed by atoms with Gasteiger partial charge in [-0.2, -0.15) is 0 Å². The van der Waals surface area contributed by atoms with E-state index >= 15 is 0 Å². The summed E-state index contributed by atoms with van der Waals surface area (Å²) < 4.78 is 7.24. The molecule has 1 fully saturated rings. The second-order valence-electron chi connectivity index (χ2n) is 9.41. The first-order valence-electron chi connectivity index (χ1n) is 12.4. The summed E-state index contributed by atoms with van der Waals surface area (Å²) in [5.41, 5.74) is 4.71. The highest BCUT2D eigenvalue weighted by molar-refractivity contribution is 6.30. The third kappa shape index (κ3) is 3.78. The van der Waals surface area contributed by atoms with Gasteiger partial charge in [0, 0.05) is 27.4 Å². The molecule has 0 spiro atoms. The van der Waals surface area contributed by atoms with Crippen LogP contribution in [0.25, 0.3) is 10.9 Å². The zero-order valence-electron chi connectivity index (χ0n) is 21.0. The Hall–Kier alpha value is -4.35. The number of rotatable bonds is 5. The molecule has 2 unspecified atom stereocenters. The predicted molar refractivity (Wildman–Crippen MR) is 150 cm³/mol. The lowest BCUT2D eigenvalue weighted by molar-refractivity contribution is -0.126. The zero-order chi connectivity index (χ0) is 26.4. The SMILES string of the molecule is COc1ccc2c(c1)c(C1C(=O)N(c3ccccc3)C1c1ccccc1)c(C)n2C(=O)c1ccc(Cl)cc1. The number of β-lactam (4-membered cyclic amide) rings is 1. The zero-order valence-corrected chi connectivity index (χ0v) is 21.7. The lowest BCUT2D eigenvalue weighted by atomic mass is 9.76. The van der Waals surface area contributed by atoms with Gasteiger partial charge in [0.15, 0.2) is 0 Å². The van der Waals surface area contributed by atoms with Crippen LogP contribution in [0.1, 0.15) is 39.1 Å². The largest absolute Gasteiger partial charge is 0.497 e. The summed E-state index contributed by atoms with van der Waals surface area (Å²) in [4.78, 5) is 29.6. The van der Waals surface area contributed by atoms with Crippen LogP contribution < -0.4 is 9.64 Å². The Balaban J connectivity index is 1.56. The monoisotopic (exact) mass is 520 g/mol. The Kier molecular flexibility index (Phi) is 6.01. The van der Waals surface area contributed by atoms with Crippen molar-refractivity contribution >= 4 is 40.0 Å². The minimum absolute atomic E-state index is 0.00559. The number of carbonyl (C=O) groups excluding carboxylic acids is 2. The lowest BCUT2D eigenvalue weighted by Gasteiger charge is -2.48. The van der Waals surface area contributed by atoms with E-state index in [1.165, 1.54) is 0 Å². The number of aromatic nitrogens is 1. The third-order valence-electron chi connectivity index (χ3n) is 7.34. The first-order valence-corrected chi connectivity index (χ1v) is 12.8. The maximum atomic E-state index is 14.0. The molecule has 1 aromatic heterocycles. The van der Waals surface area contributed by atoms with Gasteiger partial charge in [-0.3, -0.25) is 14.2 Å². The molecule has 1 saturated heterocycles. The highest BCUT2D eigenvalue weighted by Crippen LogP contribution is 2.52. The summed E-state index contributed by atoms with van der Waals surface area (Å²) in [5.74, 6) is 0.0155. The minimum atomic E-state index is -0.466. The van der Waals surface area contributed by atoms with Gasteiger partial charge >= 0.3 is 0 Å². The first-order chi connectivity index (χ1) is 18.5. The molecule has 6 rings (SSSR count). The fourth-order valence-corrected chi connectivity index (χ4v) is 5.69. The molecule has 0 bridgehead atoms. The van der Waals surface area contributed by atoms with Crippen LogP contribution in [0.3, 0.4) is 0 Å². The number of fused-ring (bicyclic) bond motifs is 1. The van der Waals surface area contributed by atoms with Gasteiger partial charge in [-0.05, 0) is 72.6 Å². The van der Waals surface area contributed by atoms with E-state index in [9.17, 15) is 9.59 Å². The van der Waals surface area contributed by atoms with Crippen LogP contribution in [0, 0.1) is 6.92 Å². The number of halogens is 1. The van der Waals surface area contributed by atoms with Gasteiger partial charge in [-0.1, -0.05) is 60.1 Å². The summed E-state index contributed by atoms with van der Waals surface area (Å²) in [6.45, 7) is 1.91. The highest BCUT2D eigenvalue weighted by Gasteiger charge is 2.51. The van der Waals surface area contributed by atoms with Gasteiger partial charge in [-0.15, -0.1) is 0 Å². The predicted octanol–water partition coefficient (Wildman–Crippen LogP) is 7.17. The molecular formula is C32H25ClN2O3. The Morgan fingerprint density at radius 2 is 1.53 bits per heavy atom. The number of anilines is 1. The second-order valence-corrected chi connectivity index (χ2v) is 9.84. The number of benzene rings is 4. The Morgan fingerprint density at radius 1 is 0.868 bits per heavy atom. The van der Waals surface area contributed by atoms with Gasteiger partial charge < -0.3 is 9.64 Å². The minimum Gasteiger partial charge on any atom is -0.497 e. The van der Waals surface area contributed by atoms with Crippen molar-refractivity contribution in [3.05, 3.63) is 131 Å². The van der Waals surface area contributed by atoms with Crippen LogP contribution >= 0.6 is 11.6 Å². The van der Waals surface area contributed by atoms with E-state index in [1.807, 2.05) is 90.7 Å². The molecule has 0 N–H and O–H groups in total. The fraction of sp³-hybridized carbons (Fsp3) is 0.125. The van der Waals surface area contributed by atoms with Crippen LogP contribution in [0.15, 0.2) is 103 Å². The van der Waals surface area contributed by atoms with Crippen LogP contribution in [-0.2, 0) is 4.79 Å². The molecule has 1 aliphatic rings. The van der Waals surface area contributed by atoms with E-state index in [1.54, 1.807) is 35.9 Å². The number of hydrogen-bond acceptors (Lipinski definition) is 3. The van der Waals surface area contributed by atoms with E-state index in [-0.39, 0.29) is 17.9 Å². The van der Waals surface area contributed by atoms with Crippen LogP contribution in [0.2, 0.25) is 5.02 Å². The topological polar surface area (TPSA) is 51.5 Å². The van der Waals surface area contributed by atoms with Gasteiger partial charge in [0.25, 0.3) is 5.91 Å². The molecule has 5 aromatic rings. The average Bonchev–Trinajstić information content (AvgIpc) is 3.23. The molecular weight excluding hydrogens is 496 g/mol. The second kappa shape index (κ2) is 9.51. The number of ether oxygens (including phenoxy) is 1. The van der Waals surface area contributed by atoms with Crippen LogP contribution in [0.5, 0.6) is 5.75 Å². The van der Waals surface area contributed by atoms with Gasteiger partial charge in [-0.25, -0.2) is 0 Å². The van der Waals surface area contributed by atoms with Crippen molar-refractivity contribution in [2.45, 2.75) is 18.9 Å². The molecule has 2 atom stereocenters. The van der Waals surface area contributed by atoms with Crippen molar-refractivity contribution in [2.24, 2.45) is 0 Å².